The minimum absolute atomic E-state index is 0.0229. The van der Waals surface area contributed by atoms with Crippen molar-refractivity contribution >= 4 is 34.5 Å². The standard InChI is InChI=1S/C20H16FNO5S/c1-26-14-7-8-15(23)11(9-14)10-16-18(24)17(20(25)27-2)19(28-16)22-13-5-3-12(21)4-6-13/h3-10,23-24H,1-2H3/b16-10+,22-19?. The van der Waals surface area contributed by atoms with Gasteiger partial charge in [-0.1, -0.05) is 11.8 Å². The number of rotatable bonds is 4. The molecule has 0 spiro atoms. The lowest BCUT2D eigenvalue weighted by Crippen LogP contribution is -2.10. The van der Waals surface area contributed by atoms with Crippen molar-refractivity contribution < 1.29 is 28.9 Å². The van der Waals surface area contributed by atoms with Crippen LogP contribution in [0.1, 0.15) is 5.56 Å². The van der Waals surface area contributed by atoms with Gasteiger partial charge in [0, 0.05) is 5.56 Å². The first kappa shape index (κ1) is 19.5. The fraction of sp³-hybridized carbons (Fsp3) is 0.100. The summed E-state index contributed by atoms with van der Waals surface area (Å²) in [7, 11) is 2.69. The molecule has 0 aromatic heterocycles. The highest BCUT2D eigenvalue weighted by Crippen LogP contribution is 2.41. The fourth-order valence-corrected chi connectivity index (χ4v) is 3.47. The van der Waals surface area contributed by atoms with Crippen LogP contribution in [0.4, 0.5) is 10.1 Å². The highest BCUT2D eigenvalue weighted by Gasteiger charge is 2.33. The van der Waals surface area contributed by atoms with Gasteiger partial charge in [-0.2, -0.15) is 0 Å². The number of methoxy groups -OCH3 is 2. The van der Waals surface area contributed by atoms with Gasteiger partial charge in [-0.05, 0) is 48.5 Å². The molecular weight excluding hydrogens is 385 g/mol. The van der Waals surface area contributed by atoms with E-state index in [9.17, 15) is 19.4 Å². The molecule has 1 heterocycles. The zero-order chi connectivity index (χ0) is 20.3. The molecule has 3 rings (SSSR count). The second-order valence-electron chi connectivity index (χ2n) is 5.64. The number of hydrogen-bond donors (Lipinski definition) is 2. The van der Waals surface area contributed by atoms with E-state index in [4.69, 9.17) is 9.47 Å². The summed E-state index contributed by atoms with van der Waals surface area (Å²) >= 11 is 1.03. The molecule has 8 heteroatoms. The normalized spacial score (nSPS) is 16.7. The summed E-state index contributed by atoms with van der Waals surface area (Å²) in [5.41, 5.74) is 0.690. The van der Waals surface area contributed by atoms with Gasteiger partial charge < -0.3 is 19.7 Å². The topological polar surface area (TPSA) is 88.4 Å². The lowest BCUT2D eigenvalue weighted by Gasteiger charge is -2.04. The molecule has 0 atom stereocenters. The number of aliphatic hydroxyl groups excluding tert-OH is 1. The second kappa shape index (κ2) is 8.18. The molecule has 2 aromatic carbocycles. The molecular formula is C20H16FNO5S. The Morgan fingerprint density at radius 2 is 1.86 bits per heavy atom. The largest absolute Gasteiger partial charge is 0.507 e. The van der Waals surface area contributed by atoms with E-state index in [-0.39, 0.29) is 22.1 Å². The van der Waals surface area contributed by atoms with Crippen LogP contribution in [-0.2, 0) is 9.53 Å². The summed E-state index contributed by atoms with van der Waals surface area (Å²) < 4.78 is 23.0. The van der Waals surface area contributed by atoms with Gasteiger partial charge in [0.15, 0.2) is 0 Å². The number of carbonyl (C=O) groups is 1. The van der Waals surface area contributed by atoms with Crippen LogP contribution in [0.25, 0.3) is 6.08 Å². The van der Waals surface area contributed by atoms with E-state index in [0.29, 0.717) is 21.9 Å². The number of phenolic OH excluding ortho intramolecular Hbond substituents is 1. The fourth-order valence-electron chi connectivity index (χ4n) is 2.44. The number of phenols is 1. The van der Waals surface area contributed by atoms with Crippen molar-refractivity contribution in [2.75, 3.05) is 14.2 Å². The summed E-state index contributed by atoms with van der Waals surface area (Å²) in [6.45, 7) is 0. The summed E-state index contributed by atoms with van der Waals surface area (Å²) in [5.74, 6) is -0.998. The number of thioether (sulfide) groups is 1. The van der Waals surface area contributed by atoms with Gasteiger partial charge in [0.2, 0.25) is 0 Å². The molecule has 2 aromatic rings. The first-order valence-electron chi connectivity index (χ1n) is 8.06. The number of aromatic hydroxyl groups is 1. The smallest absolute Gasteiger partial charge is 0.344 e. The first-order valence-corrected chi connectivity index (χ1v) is 8.87. The number of ether oxygens (including phenoxy) is 2. The zero-order valence-electron chi connectivity index (χ0n) is 15.0. The minimum atomic E-state index is -0.760. The van der Waals surface area contributed by atoms with Crippen LogP contribution in [0.2, 0.25) is 0 Å². The average Bonchev–Trinajstić information content (AvgIpc) is 2.99. The van der Waals surface area contributed by atoms with E-state index in [2.05, 4.69) is 4.99 Å². The minimum Gasteiger partial charge on any atom is -0.507 e. The number of nitrogens with zero attached hydrogens (tertiary/aromatic N) is 1. The lowest BCUT2D eigenvalue weighted by atomic mass is 10.1. The van der Waals surface area contributed by atoms with Crippen LogP contribution in [0, 0.1) is 5.82 Å². The maximum atomic E-state index is 13.1. The summed E-state index contributed by atoms with van der Waals surface area (Å²) in [5, 5.41) is 20.8. The molecule has 0 aliphatic carbocycles. The zero-order valence-corrected chi connectivity index (χ0v) is 15.8. The predicted octanol–water partition coefficient (Wildman–Crippen LogP) is 4.34. The Morgan fingerprint density at radius 3 is 2.50 bits per heavy atom. The number of halogens is 1. The van der Waals surface area contributed by atoms with Crippen LogP contribution < -0.4 is 4.74 Å². The van der Waals surface area contributed by atoms with E-state index in [1.165, 1.54) is 50.6 Å². The Balaban J connectivity index is 2.06. The Bertz CT molecular complexity index is 1010. The Kier molecular flexibility index (Phi) is 5.70. The van der Waals surface area contributed by atoms with Gasteiger partial charge in [0.1, 0.15) is 33.7 Å². The number of esters is 1. The van der Waals surface area contributed by atoms with Crippen LogP contribution in [-0.4, -0.2) is 35.4 Å². The maximum absolute atomic E-state index is 13.1. The average molecular weight is 401 g/mol. The number of benzene rings is 2. The monoisotopic (exact) mass is 401 g/mol. The van der Waals surface area contributed by atoms with Crippen molar-refractivity contribution in [3.8, 4) is 11.5 Å². The van der Waals surface area contributed by atoms with E-state index >= 15 is 0 Å². The maximum Gasteiger partial charge on any atom is 0.344 e. The van der Waals surface area contributed by atoms with Gasteiger partial charge in [0.05, 0.1) is 24.8 Å². The number of carbonyl (C=O) groups excluding carboxylic acids is 1. The molecule has 2 N–H and O–H groups in total. The van der Waals surface area contributed by atoms with Crippen molar-refractivity contribution in [1.29, 1.82) is 0 Å². The van der Waals surface area contributed by atoms with Crippen molar-refractivity contribution in [1.82, 2.24) is 0 Å². The molecule has 6 nitrogen and oxygen atoms in total. The Hall–Kier alpha value is -3.26. The van der Waals surface area contributed by atoms with Crippen LogP contribution in [0.15, 0.2) is 63.7 Å². The molecule has 28 heavy (non-hydrogen) atoms. The molecule has 0 fully saturated rings. The van der Waals surface area contributed by atoms with Crippen molar-refractivity contribution in [3.05, 3.63) is 70.1 Å². The van der Waals surface area contributed by atoms with Gasteiger partial charge in [-0.3, -0.25) is 0 Å². The van der Waals surface area contributed by atoms with E-state index in [1.807, 2.05) is 0 Å². The summed E-state index contributed by atoms with van der Waals surface area (Å²) in [6.07, 6.45) is 1.51. The number of hydrogen-bond acceptors (Lipinski definition) is 7. The summed E-state index contributed by atoms with van der Waals surface area (Å²) in [6, 6.07) is 10.0. The van der Waals surface area contributed by atoms with Gasteiger partial charge in [0.25, 0.3) is 0 Å². The Labute approximate surface area is 164 Å². The summed E-state index contributed by atoms with van der Waals surface area (Å²) in [4.78, 5) is 16.8. The molecule has 0 bridgehead atoms. The molecule has 0 unspecified atom stereocenters. The third-order valence-electron chi connectivity index (χ3n) is 3.86. The van der Waals surface area contributed by atoms with Crippen molar-refractivity contribution in [3.63, 3.8) is 0 Å². The predicted molar refractivity (Wildman–Crippen MR) is 105 cm³/mol. The molecule has 0 amide bonds. The molecule has 0 saturated heterocycles. The SMILES string of the molecule is COC(=O)C1=C(O)/C(=C\c2cc(OC)ccc2O)SC1=Nc1ccc(F)cc1. The van der Waals surface area contributed by atoms with Crippen molar-refractivity contribution in [2.45, 2.75) is 0 Å². The number of aliphatic imine (C=N–C) groups is 1. The molecule has 1 aliphatic rings. The quantitative estimate of drug-likeness (QED) is 0.741. The molecule has 0 saturated carbocycles. The second-order valence-corrected chi connectivity index (χ2v) is 6.67. The van der Waals surface area contributed by atoms with Gasteiger partial charge in [-0.15, -0.1) is 0 Å². The third-order valence-corrected chi connectivity index (χ3v) is 4.88. The highest BCUT2D eigenvalue weighted by atomic mass is 32.2. The number of aliphatic hydroxyl groups is 1. The van der Waals surface area contributed by atoms with Crippen LogP contribution in [0.3, 0.4) is 0 Å². The first-order chi connectivity index (χ1) is 13.4. The Morgan fingerprint density at radius 1 is 1.14 bits per heavy atom. The van der Waals surface area contributed by atoms with E-state index in [1.54, 1.807) is 12.1 Å². The van der Waals surface area contributed by atoms with E-state index < -0.39 is 11.8 Å². The van der Waals surface area contributed by atoms with Gasteiger partial charge >= 0.3 is 5.97 Å². The molecule has 1 aliphatic heterocycles. The van der Waals surface area contributed by atoms with Gasteiger partial charge in [-0.25, -0.2) is 14.2 Å². The molecule has 0 radical (unpaired) electrons. The van der Waals surface area contributed by atoms with E-state index in [0.717, 1.165) is 11.8 Å². The van der Waals surface area contributed by atoms with Crippen LogP contribution in [0.5, 0.6) is 11.5 Å². The third kappa shape index (κ3) is 4.01. The highest BCUT2D eigenvalue weighted by molar-refractivity contribution is 8.18. The molecule has 144 valence electrons. The van der Waals surface area contributed by atoms with Crippen LogP contribution >= 0.6 is 11.8 Å². The lowest BCUT2D eigenvalue weighted by molar-refractivity contribution is -0.135. The van der Waals surface area contributed by atoms with Crippen molar-refractivity contribution in [2.24, 2.45) is 4.99 Å².